The topological polar surface area (TPSA) is 118 Å². The Morgan fingerprint density at radius 3 is 2.67 bits per heavy atom. The van der Waals surface area contributed by atoms with Crippen molar-refractivity contribution < 1.29 is 24.4 Å². The number of nitrogens with two attached hydrogens (primary N) is 1. The fourth-order valence-corrected chi connectivity index (χ4v) is 1.85. The van der Waals surface area contributed by atoms with Crippen LogP contribution in [0, 0.1) is 5.82 Å². The van der Waals surface area contributed by atoms with Gasteiger partial charge in [0.2, 0.25) is 0 Å². The molecule has 0 spiro atoms. The number of aromatic nitrogens is 1. The van der Waals surface area contributed by atoms with E-state index in [4.69, 9.17) is 15.6 Å². The van der Waals surface area contributed by atoms with E-state index in [1.54, 1.807) is 0 Å². The number of halogens is 1. The standard InChI is InChI=1S/C10H13FN2O5/c11-4-2-13(7(15)1-5(4)12)10-9(17)8(16)6(3-14)18-10/h1-2,6,8-10,14,16-17H,3,12H2/t6-,8-,9-,10-/m1/s1. The van der Waals surface area contributed by atoms with Crippen LogP contribution in [0.2, 0.25) is 0 Å². The SMILES string of the molecule is Nc1cc(=O)n([C@@H]2O[C@H](CO)[C@@H](O)[C@H]2O)cc1F. The molecule has 2 rings (SSSR count). The molecule has 0 saturated carbocycles. The maximum atomic E-state index is 13.3. The van der Waals surface area contributed by atoms with Crippen molar-refractivity contribution in [2.45, 2.75) is 24.5 Å². The van der Waals surface area contributed by atoms with Gasteiger partial charge in [-0.1, -0.05) is 0 Å². The zero-order chi connectivity index (χ0) is 13.4. The minimum Gasteiger partial charge on any atom is -0.396 e. The normalized spacial score (nSPS) is 31.8. The summed E-state index contributed by atoms with van der Waals surface area (Å²) < 4.78 is 19.2. The molecule has 0 unspecified atom stereocenters. The lowest BCUT2D eigenvalue weighted by atomic mass is 10.1. The van der Waals surface area contributed by atoms with Gasteiger partial charge in [0.1, 0.15) is 18.3 Å². The van der Waals surface area contributed by atoms with E-state index in [2.05, 4.69) is 0 Å². The molecule has 1 aromatic rings. The zero-order valence-corrected chi connectivity index (χ0v) is 9.23. The first-order valence-corrected chi connectivity index (χ1v) is 5.25. The largest absolute Gasteiger partial charge is 0.396 e. The van der Waals surface area contributed by atoms with Gasteiger partial charge in [0.05, 0.1) is 12.3 Å². The molecule has 8 heteroatoms. The number of ether oxygens (including phenoxy) is 1. The van der Waals surface area contributed by atoms with Gasteiger partial charge in [-0.3, -0.25) is 9.36 Å². The lowest BCUT2D eigenvalue weighted by molar-refractivity contribution is -0.0547. The fourth-order valence-electron chi connectivity index (χ4n) is 1.85. The van der Waals surface area contributed by atoms with Crippen molar-refractivity contribution in [3.8, 4) is 0 Å². The summed E-state index contributed by atoms with van der Waals surface area (Å²) >= 11 is 0. The van der Waals surface area contributed by atoms with Gasteiger partial charge in [-0.05, 0) is 0 Å². The molecule has 7 nitrogen and oxygen atoms in total. The molecule has 1 aromatic heterocycles. The van der Waals surface area contributed by atoms with Gasteiger partial charge in [0, 0.05) is 12.3 Å². The number of pyridine rings is 1. The molecule has 1 fully saturated rings. The van der Waals surface area contributed by atoms with Gasteiger partial charge >= 0.3 is 0 Å². The third-order valence-electron chi connectivity index (χ3n) is 2.85. The van der Waals surface area contributed by atoms with Crippen molar-refractivity contribution in [1.82, 2.24) is 4.57 Å². The molecule has 2 heterocycles. The van der Waals surface area contributed by atoms with Gasteiger partial charge in [-0.15, -0.1) is 0 Å². The second-order valence-electron chi connectivity index (χ2n) is 4.05. The van der Waals surface area contributed by atoms with Crippen LogP contribution in [-0.2, 0) is 4.74 Å². The van der Waals surface area contributed by atoms with E-state index in [0.29, 0.717) is 0 Å². The van der Waals surface area contributed by atoms with Crippen LogP contribution in [0.15, 0.2) is 17.1 Å². The Hall–Kier alpha value is -1.48. The molecule has 1 aliphatic heterocycles. The van der Waals surface area contributed by atoms with E-state index in [9.17, 15) is 19.4 Å². The molecular formula is C10H13FN2O5. The average Bonchev–Trinajstić information content (AvgIpc) is 2.61. The Morgan fingerprint density at radius 1 is 1.44 bits per heavy atom. The maximum Gasteiger partial charge on any atom is 0.254 e. The predicted molar refractivity (Wildman–Crippen MR) is 58.1 cm³/mol. The molecular weight excluding hydrogens is 247 g/mol. The van der Waals surface area contributed by atoms with Gasteiger partial charge in [-0.25, -0.2) is 4.39 Å². The molecule has 18 heavy (non-hydrogen) atoms. The molecule has 0 aromatic carbocycles. The molecule has 0 amide bonds. The molecule has 0 bridgehead atoms. The van der Waals surface area contributed by atoms with Crippen molar-refractivity contribution in [2.75, 3.05) is 12.3 Å². The third kappa shape index (κ3) is 1.99. The van der Waals surface area contributed by atoms with Gasteiger partial charge in [0.15, 0.2) is 12.0 Å². The van der Waals surface area contributed by atoms with Crippen LogP contribution in [-0.4, -0.2) is 44.8 Å². The smallest absolute Gasteiger partial charge is 0.254 e. The monoisotopic (exact) mass is 260 g/mol. The maximum absolute atomic E-state index is 13.3. The molecule has 100 valence electrons. The highest BCUT2D eigenvalue weighted by molar-refractivity contribution is 5.36. The first kappa shape index (κ1) is 13.0. The molecule has 1 saturated heterocycles. The van der Waals surface area contributed by atoms with Crippen molar-refractivity contribution in [3.63, 3.8) is 0 Å². The van der Waals surface area contributed by atoms with Crippen molar-refractivity contribution in [2.24, 2.45) is 0 Å². The Balaban J connectivity index is 2.39. The molecule has 5 N–H and O–H groups in total. The van der Waals surface area contributed by atoms with E-state index in [1.807, 2.05) is 0 Å². The van der Waals surface area contributed by atoms with Crippen LogP contribution < -0.4 is 11.3 Å². The van der Waals surface area contributed by atoms with Crippen LogP contribution in [0.25, 0.3) is 0 Å². The van der Waals surface area contributed by atoms with Crippen molar-refractivity contribution in [3.05, 3.63) is 28.4 Å². The lowest BCUT2D eigenvalue weighted by Gasteiger charge is -2.17. The lowest BCUT2D eigenvalue weighted by Crippen LogP contribution is -2.35. The minimum atomic E-state index is -1.44. The summed E-state index contributed by atoms with van der Waals surface area (Å²) in [6, 6.07) is 0.851. The Labute approximate surface area is 101 Å². The number of aliphatic hydroxyl groups is 3. The van der Waals surface area contributed by atoms with E-state index in [0.717, 1.165) is 16.8 Å². The van der Waals surface area contributed by atoms with E-state index in [1.165, 1.54) is 0 Å². The fraction of sp³-hybridized carbons (Fsp3) is 0.500. The summed E-state index contributed by atoms with van der Waals surface area (Å²) in [7, 11) is 0. The third-order valence-corrected chi connectivity index (χ3v) is 2.85. The summed E-state index contributed by atoms with van der Waals surface area (Å²) in [6.07, 6.45) is -4.30. The second-order valence-corrected chi connectivity index (χ2v) is 4.05. The summed E-state index contributed by atoms with van der Waals surface area (Å²) in [5.41, 5.74) is 4.23. The number of aliphatic hydroxyl groups excluding tert-OH is 3. The number of rotatable bonds is 2. The quantitative estimate of drug-likeness (QED) is 0.497. The van der Waals surface area contributed by atoms with Crippen LogP contribution in [0.1, 0.15) is 6.23 Å². The Kier molecular flexibility index (Phi) is 3.35. The Bertz CT molecular complexity index is 506. The average molecular weight is 260 g/mol. The predicted octanol–water partition coefficient (Wildman–Crippen LogP) is -1.82. The summed E-state index contributed by atoms with van der Waals surface area (Å²) in [5.74, 6) is -0.840. The summed E-state index contributed by atoms with van der Waals surface area (Å²) in [4.78, 5) is 11.6. The van der Waals surface area contributed by atoms with Crippen molar-refractivity contribution in [1.29, 1.82) is 0 Å². The van der Waals surface area contributed by atoms with Crippen LogP contribution >= 0.6 is 0 Å². The highest BCUT2D eigenvalue weighted by Crippen LogP contribution is 2.28. The molecule has 1 aliphatic rings. The number of nitrogens with zero attached hydrogens (tertiary/aromatic N) is 1. The first-order valence-electron chi connectivity index (χ1n) is 5.25. The number of hydrogen-bond donors (Lipinski definition) is 4. The van der Waals surface area contributed by atoms with Gasteiger partial charge in [-0.2, -0.15) is 0 Å². The minimum absolute atomic E-state index is 0.317. The molecule has 0 radical (unpaired) electrons. The highest BCUT2D eigenvalue weighted by atomic mass is 19.1. The number of nitrogen functional groups attached to an aromatic ring is 1. The van der Waals surface area contributed by atoms with E-state index >= 15 is 0 Å². The van der Waals surface area contributed by atoms with Crippen LogP contribution in [0.3, 0.4) is 0 Å². The molecule has 0 aliphatic carbocycles. The van der Waals surface area contributed by atoms with E-state index in [-0.39, 0.29) is 5.69 Å². The van der Waals surface area contributed by atoms with Gasteiger partial charge < -0.3 is 25.8 Å². The van der Waals surface area contributed by atoms with Crippen LogP contribution in [0.5, 0.6) is 0 Å². The molecule has 4 atom stereocenters. The zero-order valence-electron chi connectivity index (χ0n) is 9.23. The highest BCUT2D eigenvalue weighted by Gasteiger charge is 2.43. The van der Waals surface area contributed by atoms with Gasteiger partial charge in [0.25, 0.3) is 5.56 Å². The summed E-state index contributed by atoms with van der Waals surface area (Å²) in [6.45, 7) is -0.527. The first-order chi connectivity index (χ1) is 8.45. The second kappa shape index (κ2) is 4.65. The number of hydrogen-bond acceptors (Lipinski definition) is 6. The van der Waals surface area contributed by atoms with Crippen molar-refractivity contribution >= 4 is 5.69 Å². The number of anilines is 1. The van der Waals surface area contributed by atoms with Crippen LogP contribution in [0.4, 0.5) is 10.1 Å². The summed E-state index contributed by atoms with van der Waals surface area (Å²) in [5, 5.41) is 28.1. The Morgan fingerprint density at radius 2 is 2.11 bits per heavy atom. The van der Waals surface area contributed by atoms with E-state index < -0.39 is 42.5 Å².